The average molecular weight is 440 g/mol. The molecule has 0 saturated heterocycles. The summed E-state index contributed by atoms with van der Waals surface area (Å²) in [5, 5.41) is 15.7. The van der Waals surface area contributed by atoms with Crippen molar-refractivity contribution in [3.63, 3.8) is 0 Å². The van der Waals surface area contributed by atoms with E-state index in [-0.39, 0.29) is 0 Å². The molecule has 0 aliphatic rings. The predicted molar refractivity (Wildman–Crippen MR) is 129 cm³/mol. The first kappa shape index (κ1) is 22.0. The largest absolute Gasteiger partial charge is 0.497 e. The number of ether oxygens (including phenoxy) is 1. The minimum Gasteiger partial charge on any atom is -0.497 e. The smallest absolute Gasteiger partial charge is 0.281 e. The fourth-order valence-corrected chi connectivity index (χ4v) is 3.77. The molecule has 166 valence electrons. The van der Waals surface area contributed by atoms with E-state index in [9.17, 15) is 9.90 Å². The third kappa shape index (κ3) is 4.42. The zero-order valence-electron chi connectivity index (χ0n) is 18.5. The zero-order chi connectivity index (χ0) is 23.3. The van der Waals surface area contributed by atoms with Crippen LogP contribution in [0, 0.1) is 6.92 Å². The van der Waals surface area contributed by atoms with E-state index < -0.39 is 11.5 Å². The van der Waals surface area contributed by atoms with Gasteiger partial charge in [-0.15, -0.1) is 0 Å². The van der Waals surface area contributed by atoms with Gasteiger partial charge in [0.2, 0.25) is 0 Å². The lowest BCUT2D eigenvalue weighted by Crippen LogP contribution is -2.43. The molecule has 0 atom stereocenters. The van der Waals surface area contributed by atoms with Crippen molar-refractivity contribution in [2.75, 3.05) is 7.11 Å². The van der Waals surface area contributed by atoms with Gasteiger partial charge in [-0.1, -0.05) is 60.7 Å². The number of methoxy groups -OCH3 is 1. The van der Waals surface area contributed by atoms with Crippen LogP contribution >= 0.6 is 0 Å². The van der Waals surface area contributed by atoms with Crippen LogP contribution in [0.2, 0.25) is 0 Å². The highest BCUT2D eigenvalue weighted by atomic mass is 16.5. The van der Waals surface area contributed by atoms with Gasteiger partial charge < -0.3 is 14.4 Å². The Balaban J connectivity index is 1.61. The first-order chi connectivity index (χ1) is 16.0. The van der Waals surface area contributed by atoms with Crippen LogP contribution in [-0.4, -0.2) is 28.9 Å². The number of aryl methyl sites for hydroxylation is 1. The van der Waals surface area contributed by atoms with Gasteiger partial charge in [-0.2, -0.15) is 5.10 Å². The molecule has 33 heavy (non-hydrogen) atoms. The van der Waals surface area contributed by atoms with Crippen molar-refractivity contribution in [1.29, 1.82) is 0 Å². The van der Waals surface area contributed by atoms with E-state index in [4.69, 9.17) is 4.74 Å². The van der Waals surface area contributed by atoms with Crippen LogP contribution in [0.15, 0.2) is 102 Å². The topological polar surface area (TPSA) is 75.8 Å². The summed E-state index contributed by atoms with van der Waals surface area (Å²) in [6.45, 7) is 1.99. The molecule has 1 amide bonds. The molecule has 4 aromatic rings. The molecule has 0 radical (unpaired) electrons. The molecule has 2 N–H and O–H groups in total. The third-order valence-corrected chi connectivity index (χ3v) is 5.51. The summed E-state index contributed by atoms with van der Waals surface area (Å²) in [5.74, 6) is 0.127. The molecular formula is C27H25N3O3. The molecule has 0 unspecified atom stereocenters. The monoisotopic (exact) mass is 439 g/mol. The quantitative estimate of drug-likeness (QED) is 0.335. The number of hydrogen-bond acceptors (Lipinski definition) is 4. The molecule has 6 heteroatoms. The summed E-state index contributed by atoms with van der Waals surface area (Å²) in [4.78, 5) is 13.2. The fraction of sp³-hybridized carbons (Fsp3) is 0.111. The Morgan fingerprint density at radius 1 is 0.909 bits per heavy atom. The summed E-state index contributed by atoms with van der Waals surface area (Å²) >= 11 is 0. The number of amides is 1. The Morgan fingerprint density at radius 2 is 1.48 bits per heavy atom. The van der Waals surface area contributed by atoms with Crippen molar-refractivity contribution in [3.8, 4) is 11.4 Å². The number of nitrogens with one attached hydrogen (secondary N) is 1. The van der Waals surface area contributed by atoms with Gasteiger partial charge in [0.15, 0.2) is 5.60 Å². The Morgan fingerprint density at radius 3 is 2.03 bits per heavy atom. The lowest BCUT2D eigenvalue weighted by Gasteiger charge is -2.27. The first-order valence-corrected chi connectivity index (χ1v) is 10.5. The van der Waals surface area contributed by atoms with Crippen LogP contribution in [0.25, 0.3) is 5.69 Å². The van der Waals surface area contributed by atoms with Crippen molar-refractivity contribution >= 4 is 12.1 Å². The van der Waals surface area contributed by atoms with E-state index in [1.165, 1.54) is 0 Å². The summed E-state index contributed by atoms with van der Waals surface area (Å²) in [6, 6.07) is 29.2. The maximum Gasteiger partial charge on any atom is 0.281 e. The number of aliphatic hydroxyl groups is 1. The van der Waals surface area contributed by atoms with E-state index >= 15 is 0 Å². The molecule has 0 bridgehead atoms. The van der Waals surface area contributed by atoms with Crippen LogP contribution in [0.4, 0.5) is 0 Å². The Labute approximate surface area is 192 Å². The minimum atomic E-state index is -1.88. The zero-order valence-corrected chi connectivity index (χ0v) is 18.5. The van der Waals surface area contributed by atoms with E-state index in [0.29, 0.717) is 11.1 Å². The van der Waals surface area contributed by atoms with Crippen molar-refractivity contribution in [3.05, 3.63) is 120 Å². The lowest BCUT2D eigenvalue weighted by atomic mass is 9.85. The second kappa shape index (κ2) is 9.54. The Kier molecular flexibility index (Phi) is 6.38. The van der Waals surface area contributed by atoms with Gasteiger partial charge in [0.1, 0.15) is 5.75 Å². The van der Waals surface area contributed by atoms with Gasteiger partial charge in [-0.25, -0.2) is 5.43 Å². The highest BCUT2D eigenvalue weighted by Crippen LogP contribution is 2.30. The molecule has 1 heterocycles. The summed E-state index contributed by atoms with van der Waals surface area (Å²) in [7, 11) is 1.63. The van der Waals surface area contributed by atoms with Gasteiger partial charge in [0.25, 0.3) is 5.91 Å². The standard InChI is InChI=1S/C27H25N3O3/c1-20-13-14-24(30(20)23-15-17-25(33-2)18-16-23)19-28-29-26(31)27(32,21-9-5-3-6-10-21)22-11-7-4-8-12-22/h3-19,32H,1-2H3,(H,29,31)/b28-19+. The molecular weight excluding hydrogens is 414 g/mol. The van der Waals surface area contributed by atoms with Crippen molar-refractivity contribution < 1.29 is 14.6 Å². The first-order valence-electron chi connectivity index (χ1n) is 10.5. The van der Waals surface area contributed by atoms with E-state index in [0.717, 1.165) is 22.8 Å². The van der Waals surface area contributed by atoms with E-state index in [2.05, 4.69) is 10.5 Å². The maximum absolute atomic E-state index is 13.2. The van der Waals surface area contributed by atoms with Crippen molar-refractivity contribution in [2.24, 2.45) is 5.10 Å². The summed E-state index contributed by atoms with van der Waals surface area (Å²) in [5.41, 5.74) is 4.29. The van der Waals surface area contributed by atoms with Crippen LogP contribution in [0.1, 0.15) is 22.5 Å². The van der Waals surface area contributed by atoms with E-state index in [1.807, 2.05) is 60.0 Å². The molecule has 6 nitrogen and oxygen atoms in total. The highest BCUT2D eigenvalue weighted by molar-refractivity contribution is 5.91. The molecule has 0 fully saturated rings. The highest BCUT2D eigenvalue weighted by Gasteiger charge is 2.39. The average Bonchev–Trinajstić information content (AvgIpc) is 3.24. The van der Waals surface area contributed by atoms with Gasteiger partial charge in [-0.3, -0.25) is 4.79 Å². The minimum absolute atomic E-state index is 0.460. The summed E-state index contributed by atoms with van der Waals surface area (Å²) < 4.78 is 7.25. The lowest BCUT2D eigenvalue weighted by molar-refractivity contribution is -0.136. The van der Waals surface area contributed by atoms with Crippen molar-refractivity contribution in [2.45, 2.75) is 12.5 Å². The number of nitrogens with zero attached hydrogens (tertiary/aromatic N) is 2. The third-order valence-electron chi connectivity index (χ3n) is 5.51. The molecule has 0 spiro atoms. The number of aromatic nitrogens is 1. The number of carbonyl (C=O) groups is 1. The van der Waals surface area contributed by atoms with Crippen LogP contribution in [0.5, 0.6) is 5.75 Å². The SMILES string of the molecule is COc1ccc(-n2c(C)ccc2/C=N/NC(=O)C(O)(c2ccccc2)c2ccccc2)cc1. The van der Waals surface area contributed by atoms with Gasteiger partial charge in [0, 0.05) is 11.4 Å². The molecule has 0 aliphatic heterocycles. The predicted octanol–water partition coefficient (Wildman–Crippen LogP) is 4.18. The van der Waals surface area contributed by atoms with Gasteiger partial charge in [-0.05, 0) is 54.4 Å². The molecule has 3 aromatic carbocycles. The van der Waals surface area contributed by atoms with Crippen LogP contribution < -0.4 is 10.2 Å². The molecule has 0 aliphatic carbocycles. The fourth-order valence-electron chi connectivity index (χ4n) is 3.77. The van der Waals surface area contributed by atoms with Gasteiger partial charge >= 0.3 is 0 Å². The number of hydrazone groups is 1. The second-order valence-corrected chi connectivity index (χ2v) is 7.57. The number of carbonyl (C=O) groups excluding carboxylic acids is 1. The van der Waals surface area contributed by atoms with Crippen molar-refractivity contribution in [1.82, 2.24) is 9.99 Å². The Hall–Kier alpha value is -4.16. The maximum atomic E-state index is 13.2. The molecule has 4 rings (SSSR count). The molecule has 1 aromatic heterocycles. The number of rotatable bonds is 7. The number of benzene rings is 3. The second-order valence-electron chi connectivity index (χ2n) is 7.57. The normalized spacial score (nSPS) is 11.5. The van der Waals surface area contributed by atoms with Gasteiger partial charge in [0.05, 0.1) is 19.0 Å². The van der Waals surface area contributed by atoms with E-state index in [1.54, 1.807) is 61.9 Å². The summed E-state index contributed by atoms with van der Waals surface area (Å²) in [6.07, 6.45) is 1.56. The molecule has 0 saturated carbocycles. The van der Waals surface area contributed by atoms with Crippen LogP contribution in [0.3, 0.4) is 0 Å². The number of hydrogen-bond donors (Lipinski definition) is 2. The van der Waals surface area contributed by atoms with Crippen LogP contribution in [-0.2, 0) is 10.4 Å². The Bertz CT molecular complexity index is 1210.